The Morgan fingerprint density at radius 2 is 1.90 bits per heavy atom. The van der Waals surface area contributed by atoms with Crippen LogP contribution in [0.4, 0.5) is 8.78 Å². The van der Waals surface area contributed by atoms with E-state index in [1.807, 2.05) is 31.2 Å². The average molecular weight is 276 g/mol. The Balaban J connectivity index is 2.11. The first-order valence-electron chi connectivity index (χ1n) is 6.57. The van der Waals surface area contributed by atoms with E-state index in [2.05, 4.69) is 5.43 Å². The number of hydrogen-bond acceptors (Lipinski definition) is 2. The summed E-state index contributed by atoms with van der Waals surface area (Å²) in [5.74, 6) is 4.35. The summed E-state index contributed by atoms with van der Waals surface area (Å²) in [4.78, 5) is 0. The van der Waals surface area contributed by atoms with Gasteiger partial charge in [-0.3, -0.25) is 11.3 Å². The van der Waals surface area contributed by atoms with Gasteiger partial charge in [0.15, 0.2) is 0 Å². The molecule has 2 rings (SSSR count). The molecule has 0 saturated heterocycles. The largest absolute Gasteiger partial charge is 0.271 e. The van der Waals surface area contributed by atoms with Crippen molar-refractivity contribution in [2.45, 2.75) is 25.8 Å². The number of hydrogen-bond donors (Lipinski definition) is 2. The molecule has 1 unspecified atom stereocenters. The Morgan fingerprint density at radius 1 is 1.15 bits per heavy atom. The highest BCUT2D eigenvalue weighted by Gasteiger charge is 2.15. The predicted octanol–water partition coefficient (Wildman–Crippen LogP) is 3.41. The van der Waals surface area contributed by atoms with Crippen LogP contribution in [0.2, 0.25) is 0 Å². The minimum Gasteiger partial charge on any atom is -0.271 e. The molecule has 2 aromatic carbocycles. The highest BCUT2D eigenvalue weighted by Crippen LogP contribution is 2.23. The van der Waals surface area contributed by atoms with E-state index in [4.69, 9.17) is 5.84 Å². The highest BCUT2D eigenvalue weighted by atomic mass is 19.1. The van der Waals surface area contributed by atoms with Crippen molar-refractivity contribution in [3.63, 3.8) is 0 Å². The van der Waals surface area contributed by atoms with Crippen LogP contribution in [0, 0.1) is 18.6 Å². The van der Waals surface area contributed by atoms with E-state index in [1.165, 1.54) is 23.3 Å². The fourth-order valence-corrected chi connectivity index (χ4v) is 2.30. The summed E-state index contributed by atoms with van der Waals surface area (Å²) in [6, 6.07) is 11.3. The number of nitrogens with two attached hydrogens (primary N) is 1. The third kappa shape index (κ3) is 3.40. The van der Waals surface area contributed by atoms with Gasteiger partial charge in [-0.2, -0.15) is 0 Å². The lowest BCUT2D eigenvalue weighted by molar-refractivity contribution is 0.480. The van der Waals surface area contributed by atoms with E-state index in [1.54, 1.807) is 0 Å². The monoisotopic (exact) mass is 276 g/mol. The maximum atomic E-state index is 13.8. The number of halogens is 2. The van der Waals surface area contributed by atoms with Gasteiger partial charge < -0.3 is 0 Å². The quantitative estimate of drug-likeness (QED) is 0.649. The molecule has 0 heterocycles. The minimum absolute atomic E-state index is 0.338. The lowest BCUT2D eigenvalue weighted by atomic mass is 9.97. The summed E-state index contributed by atoms with van der Waals surface area (Å²) in [7, 11) is 0. The number of hydrazine groups is 1. The van der Waals surface area contributed by atoms with E-state index in [0.29, 0.717) is 12.0 Å². The Labute approximate surface area is 117 Å². The molecule has 4 heteroatoms. The topological polar surface area (TPSA) is 38.0 Å². The average Bonchev–Trinajstić information content (AvgIpc) is 2.43. The molecule has 0 aliphatic rings. The van der Waals surface area contributed by atoms with Crippen LogP contribution in [0.15, 0.2) is 42.5 Å². The molecule has 1 atom stereocenters. The first-order chi connectivity index (χ1) is 9.61. The second-order valence-electron chi connectivity index (χ2n) is 4.85. The summed E-state index contributed by atoms with van der Waals surface area (Å²) >= 11 is 0. The molecule has 2 nitrogen and oxygen atoms in total. The van der Waals surface area contributed by atoms with E-state index >= 15 is 0 Å². The van der Waals surface area contributed by atoms with E-state index in [9.17, 15) is 8.78 Å². The highest BCUT2D eigenvalue weighted by molar-refractivity contribution is 5.27. The molecular formula is C16H18F2N2. The molecule has 0 aliphatic carbocycles. The fourth-order valence-electron chi connectivity index (χ4n) is 2.30. The van der Waals surface area contributed by atoms with Crippen molar-refractivity contribution >= 4 is 0 Å². The Kier molecular flexibility index (Phi) is 4.82. The molecule has 0 aromatic heterocycles. The van der Waals surface area contributed by atoms with Gasteiger partial charge in [0.05, 0.1) is 0 Å². The first kappa shape index (κ1) is 14.6. The van der Waals surface area contributed by atoms with Crippen molar-refractivity contribution in [3.8, 4) is 0 Å². The summed E-state index contributed by atoms with van der Waals surface area (Å²) in [6.45, 7) is 2.04. The van der Waals surface area contributed by atoms with E-state index < -0.39 is 11.6 Å². The van der Waals surface area contributed by atoms with Gasteiger partial charge in [-0.1, -0.05) is 30.3 Å². The molecule has 20 heavy (non-hydrogen) atoms. The van der Waals surface area contributed by atoms with Crippen LogP contribution in [-0.4, -0.2) is 0 Å². The Bertz CT molecular complexity index is 584. The lowest BCUT2D eigenvalue weighted by Crippen LogP contribution is -2.29. The molecule has 0 aliphatic heterocycles. The fraction of sp³-hybridized carbons (Fsp3) is 0.250. The smallest absolute Gasteiger partial charge is 0.130 e. The van der Waals surface area contributed by atoms with Gasteiger partial charge in [0.2, 0.25) is 0 Å². The molecule has 3 N–H and O–H groups in total. The molecule has 2 aromatic rings. The van der Waals surface area contributed by atoms with Gasteiger partial charge in [-0.05, 0) is 37.0 Å². The Hall–Kier alpha value is -1.78. The summed E-state index contributed by atoms with van der Waals surface area (Å²) in [5.41, 5.74) is 5.40. The van der Waals surface area contributed by atoms with Crippen molar-refractivity contribution in [1.29, 1.82) is 0 Å². The van der Waals surface area contributed by atoms with Crippen LogP contribution >= 0.6 is 0 Å². The van der Waals surface area contributed by atoms with Crippen molar-refractivity contribution in [1.82, 2.24) is 5.43 Å². The van der Waals surface area contributed by atoms with Gasteiger partial charge in [0.1, 0.15) is 11.6 Å². The van der Waals surface area contributed by atoms with E-state index in [0.717, 1.165) is 12.5 Å². The molecule has 0 saturated carbocycles. The standard InChI is InChI=1S/C16H18F2N2/c1-11-4-2-3-5-12(11)6-9-16(20-19)14-8-7-13(17)10-15(14)18/h2-5,7-8,10,16,20H,6,9,19H2,1H3. The van der Waals surface area contributed by atoms with Crippen LogP contribution in [0.25, 0.3) is 0 Å². The number of benzene rings is 2. The first-order valence-corrected chi connectivity index (χ1v) is 6.57. The predicted molar refractivity (Wildman–Crippen MR) is 75.9 cm³/mol. The molecule has 0 bridgehead atoms. The number of nitrogens with one attached hydrogen (secondary N) is 1. The third-order valence-corrected chi connectivity index (χ3v) is 3.50. The SMILES string of the molecule is Cc1ccccc1CCC(NN)c1ccc(F)cc1F. The van der Waals surface area contributed by atoms with Crippen molar-refractivity contribution in [2.24, 2.45) is 5.84 Å². The van der Waals surface area contributed by atoms with Gasteiger partial charge in [-0.15, -0.1) is 0 Å². The number of rotatable bonds is 5. The maximum absolute atomic E-state index is 13.8. The molecular weight excluding hydrogens is 258 g/mol. The van der Waals surface area contributed by atoms with Crippen molar-refractivity contribution < 1.29 is 8.78 Å². The second-order valence-corrected chi connectivity index (χ2v) is 4.85. The molecule has 0 fully saturated rings. The molecule has 0 spiro atoms. The van der Waals surface area contributed by atoms with Gasteiger partial charge in [0, 0.05) is 17.7 Å². The summed E-state index contributed by atoms with van der Waals surface area (Å²) < 4.78 is 26.7. The van der Waals surface area contributed by atoms with Crippen LogP contribution in [0.5, 0.6) is 0 Å². The van der Waals surface area contributed by atoms with Crippen LogP contribution < -0.4 is 11.3 Å². The maximum Gasteiger partial charge on any atom is 0.130 e. The van der Waals surface area contributed by atoms with Crippen LogP contribution in [0.1, 0.15) is 29.2 Å². The van der Waals surface area contributed by atoms with E-state index in [-0.39, 0.29) is 6.04 Å². The zero-order chi connectivity index (χ0) is 14.5. The zero-order valence-corrected chi connectivity index (χ0v) is 11.4. The van der Waals surface area contributed by atoms with Gasteiger partial charge >= 0.3 is 0 Å². The van der Waals surface area contributed by atoms with Crippen LogP contribution in [0.3, 0.4) is 0 Å². The van der Waals surface area contributed by atoms with Crippen molar-refractivity contribution in [2.75, 3.05) is 0 Å². The second kappa shape index (κ2) is 6.59. The molecule has 0 radical (unpaired) electrons. The molecule has 0 amide bonds. The van der Waals surface area contributed by atoms with Crippen molar-refractivity contribution in [3.05, 3.63) is 70.8 Å². The normalized spacial score (nSPS) is 12.4. The van der Waals surface area contributed by atoms with Gasteiger partial charge in [0.25, 0.3) is 0 Å². The summed E-state index contributed by atoms with van der Waals surface area (Å²) in [5, 5.41) is 0. The zero-order valence-electron chi connectivity index (χ0n) is 11.4. The summed E-state index contributed by atoms with van der Waals surface area (Å²) in [6.07, 6.45) is 1.42. The minimum atomic E-state index is -0.582. The third-order valence-electron chi connectivity index (χ3n) is 3.50. The lowest BCUT2D eigenvalue weighted by Gasteiger charge is -2.17. The Morgan fingerprint density at radius 3 is 2.55 bits per heavy atom. The van der Waals surface area contributed by atoms with Crippen LogP contribution in [-0.2, 0) is 6.42 Å². The van der Waals surface area contributed by atoms with Gasteiger partial charge in [-0.25, -0.2) is 8.78 Å². The molecule has 106 valence electrons. The number of aryl methyl sites for hydroxylation is 2.